The maximum Gasteiger partial charge on any atom is 0.303 e. The Balaban J connectivity index is 2.09. The Bertz CT molecular complexity index is 668. The number of hydrogen-bond donors (Lipinski definition) is 1. The van der Waals surface area contributed by atoms with E-state index in [1.807, 2.05) is 0 Å². The van der Waals surface area contributed by atoms with Crippen LogP contribution in [0.5, 0.6) is 5.75 Å². The van der Waals surface area contributed by atoms with Crippen LogP contribution in [0.4, 0.5) is 4.39 Å². The molecule has 0 aliphatic heterocycles. The first kappa shape index (κ1) is 16.8. The number of aryl methyl sites for hydroxylation is 1. The molecule has 0 amide bonds. The Labute approximate surface area is 140 Å². The minimum absolute atomic E-state index is 0.0340. The van der Waals surface area contributed by atoms with Crippen molar-refractivity contribution in [2.75, 3.05) is 0 Å². The summed E-state index contributed by atoms with van der Waals surface area (Å²) in [6.07, 6.45) is 0.421. The fourth-order valence-corrected chi connectivity index (χ4v) is 2.96. The molecule has 6 heteroatoms. The monoisotopic (exact) mass is 386 g/mol. The van der Waals surface area contributed by atoms with Gasteiger partial charge in [-0.05, 0) is 57.7 Å². The van der Waals surface area contributed by atoms with Crippen LogP contribution in [0.3, 0.4) is 0 Å². The third-order valence-corrected chi connectivity index (χ3v) is 3.83. The van der Waals surface area contributed by atoms with Gasteiger partial charge in [0.15, 0.2) is 5.75 Å². The number of benzene rings is 2. The fourth-order valence-electron chi connectivity index (χ4n) is 1.93. The fraction of sp³-hybridized carbons (Fsp3) is 0.188. The van der Waals surface area contributed by atoms with Gasteiger partial charge in [0.05, 0.1) is 9.50 Å². The maximum absolute atomic E-state index is 13.1. The number of halogens is 3. The smallest absolute Gasteiger partial charge is 0.303 e. The van der Waals surface area contributed by atoms with E-state index in [2.05, 4.69) is 15.9 Å². The van der Waals surface area contributed by atoms with Crippen LogP contribution < -0.4 is 4.74 Å². The summed E-state index contributed by atoms with van der Waals surface area (Å²) >= 11 is 9.53. The van der Waals surface area contributed by atoms with Crippen molar-refractivity contribution >= 4 is 33.5 Å². The van der Waals surface area contributed by atoms with Crippen LogP contribution in [-0.2, 0) is 17.8 Å². The van der Waals surface area contributed by atoms with E-state index in [4.69, 9.17) is 21.4 Å². The SMILES string of the molecule is O=C(O)CCc1cc(Cl)c(OCc2cccc(F)c2)c(Br)c1. The van der Waals surface area contributed by atoms with Gasteiger partial charge in [0.2, 0.25) is 0 Å². The summed E-state index contributed by atoms with van der Waals surface area (Å²) in [6.45, 7) is 0.185. The molecule has 0 atom stereocenters. The first-order chi connectivity index (χ1) is 10.5. The van der Waals surface area contributed by atoms with Crippen molar-refractivity contribution in [1.82, 2.24) is 0 Å². The maximum atomic E-state index is 13.1. The van der Waals surface area contributed by atoms with Crippen molar-refractivity contribution in [3.05, 3.63) is 62.8 Å². The third kappa shape index (κ3) is 4.71. The molecule has 2 aromatic rings. The minimum atomic E-state index is -0.862. The van der Waals surface area contributed by atoms with Crippen LogP contribution in [0, 0.1) is 5.82 Å². The zero-order chi connectivity index (χ0) is 16.1. The van der Waals surface area contributed by atoms with E-state index >= 15 is 0 Å². The van der Waals surface area contributed by atoms with Crippen molar-refractivity contribution in [1.29, 1.82) is 0 Å². The molecule has 2 rings (SSSR count). The lowest BCUT2D eigenvalue weighted by molar-refractivity contribution is -0.136. The Morgan fingerprint density at radius 3 is 2.68 bits per heavy atom. The number of carbonyl (C=O) groups is 1. The molecular weight excluding hydrogens is 375 g/mol. The lowest BCUT2D eigenvalue weighted by atomic mass is 10.1. The van der Waals surface area contributed by atoms with E-state index < -0.39 is 5.97 Å². The molecule has 0 aliphatic rings. The van der Waals surface area contributed by atoms with E-state index in [1.165, 1.54) is 12.1 Å². The molecule has 0 unspecified atom stereocenters. The molecular formula is C16H13BrClFO3. The highest BCUT2D eigenvalue weighted by Crippen LogP contribution is 2.35. The number of rotatable bonds is 6. The summed E-state index contributed by atoms with van der Waals surface area (Å²) in [4.78, 5) is 10.6. The van der Waals surface area contributed by atoms with Gasteiger partial charge in [-0.15, -0.1) is 0 Å². The second-order valence-electron chi connectivity index (χ2n) is 4.70. The molecule has 0 aromatic heterocycles. The summed E-state index contributed by atoms with van der Waals surface area (Å²) in [5.41, 5.74) is 1.50. The van der Waals surface area contributed by atoms with Gasteiger partial charge >= 0.3 is 5.97 Å². The van der Waals surface area contributed by atoms with Crippen molar-refractivity contribution < 1.29 is 19.0 Å². The van der Waals surface area contributed by atoms with Gasteiger partial charge in [0.1, 0.15) is 12.4 Å². The number of hydrogen-bond acceptors (Lipinski definition) is 2. The summed E-state index contributed by atoms with van der Waals surface area (Å²) in [6, 6.07) is 9.57. The summed E-state index contributed by atoms with van der Waals surface area (Å²) in [5, 5.41) is 9.08. The topological polar surface area (TPSA) is 46.5 Å². The molecule has 0 radical (unpaired) electrons. The normalized spacial score (nSPS) is 10.5. The van der Waals surface area contributed by atoms with Crippen LogP contribution in [0.15, 0.2) is 40.9 Å². The van der Waals surface area contributed by atoms with Gasteiger partial charge in [-0.1, -0.05) is 23.7 Å². The molecule has 22 heavy (non-hydrogen) atoms. The second-order valence-corrected chi connectivity index (χ2v) is 5.96. The first-order valence-electron chi connectivity index (χ1n) is 6.52. The van der Waals surface area contributed by atoms with Crippen molar-refractivity contribution in [2.45, 2.75) is 19.4 Å². The number of carboxylic acid groups (broad SMARTS) is 1. The van der Waals surface area contributed by atoms with Gasteiger partial charge in [-0.3, -0.25) is 4.79 Å². The summed E-state index contributed by atoms with van der Waals surface area (Å²) in [5.74, 6) is -0.737. The van der Waals surface area contributed by atoms with E-state index in [-0.39, 0.29) is 18.8 Å². The lowest BCUT2D eigenvalue weighted by Gasteiger charge is -2.12. The summed E-state index contributed by atoms with van der Waals surface area (Å²) < 4.78 is 19.4. The zero-order valence-corrected chi connectivity index (χ0v) is 13.8. The van der Waals surface area contributed by atoms with Crippen LogP contribution in [0.2, 0.25) is 5.02 Å². The quantitative estimate of drug-likeness (QED) is 0.771. The van der Waals surface area contributed by atoms with Crippen LogP contribution in [-0.4, -0.2) is 11.1 Å². The van der Waals surface area contributed by atoms with Gasteiger partial charge < -0.3 is 9.84 Å². The van der Waals surface area contributed by atoms with E-state index in [0.29, 0.717) is 27.2 Å². The lowest BCUT2D eigenvalue weighted by Crippen LogP contribution is -2.00. The Hall–Kier alpha value is -1.59. The van der Waals surface area contributed by atoms with Crippen molar-refractivity contribution in [2.24, 2.45) is 0 Å². The van der Waals surface area contributed by atoms with Gasteiger partial charge in [-0.25, -0.2) is 4.39 Å². The van der Waals surface area contributed by atoms with Gasteiger partial charge in [-0.2, -0.15) is 0 Å². The molecule has 1 N–H and O–H groups in total. The first-order valence-corrected chi connectivity index (χ1v) is 7.70. The molecule has 0 aliphatic carbocycles. The average Bonchev–Trinajstić information content (AvgIpc) is 2.44. The molecule has 3 nitrogen and oxygen atoms in total. The minimum Gasteiger partial charge on any atom is -0.486 e. The molecule has 0 saturated heterocycles. The van der Waals surface area contributed by atoms with Crippen LogP contribution >= 0.6 is 27.5 Å². The third-order valence-electron chi connectivity index (χ3n) is 2.96. The average molecular weight is 388 g/mol. The number of aliphatic carboxylic acids is 1. The summed E-state index contributed by atoms with van der Waals surface area (Å²) in [7, 11) is 0. The standard InChI is InChI=1S/C16H13BrClFO3/c17-13-7-10(4-5-15(20)21)8-14(18)16(13)22-9-11-2-1-3-12(19)6-11/h1-3,6-8H,4-5,9H2,(H,20,21). The molecule has 0 bridgehead atoms. The highest BCUT2D eigenvalue weighted by atomic mass is 79.9. The van der Waals surface area contributed by atoms with E-state index in [0.717, 1.165) is 5.56 Å². The molecule has 116 valence electrons. The van der Waals surface area contributed by atoms with Gasteiger partial charge in [0.25, 0.3) is 0 Å². The van der Waals surface area contributed by atoms with Crippen LogP contribution in [0.25, 0.3) is 0 Å². The Morgan fingerprint density at radius 2 is 2.05 bits per heavy atom. The predicted octanol–water partition coefficient (Wildman–Crippen LogP) is 4.84. The zero-order valence-electron chi connectivity index (χ0n) is 11.5. The van der Waals surface area contributed by atoms with Crippen molar-refractivity contribution in [3.8, 4) is 5.75 Å². The molecule has 0 saturated carbocycles. The second kappa shape index (κ2) is 7.61. The molecule has 0 spiro atoms. The largest absolute Gasteiger partial charge is 0.486 e. The van der Waals surface area contributed by atoms with E-state index in [1.54, 1.807) is 24.3 Å². The van der Waals surface area contributed by atoms with Gasteiger partial charge in [0, 0.05) is 6.42 Å². The number of carboxylic acids is 1. The van der Waals surface area contributed by atoms with Crippen LogP contribution in [0.1, 0.15) is 17.5 Å². The Kier molecular flexibility index (Phi) is 5.80. The van der Waals surface area contributed by atoms with E-state index in [9.17, 15) is 9.18 Å². The highest BCUT2D eigenvalue weighted by molar-refractivity contribution is 9.10. The number of ether oxygens (including phenoxy) is 1. The van der Waals surface area contributed by atoms with Crippen molar-refractivity contribution in [3.63, 3.8) is 0 Å². The highest BCUT2D eigenvalue weighted by Gasteiger charge is 2.11. The Morgan fingerprint density at radius 1 is 1.27 bits per heavy atom. The molecule has 2 aromatic carbocycles. The molecule has 0 fully saturated rings. The predicted molar refractivity (Wildman–Crippen MR) is 85.8 cm³/mol. The molecule has 0 heterocycles.